The van der Waals surface area contributed by atoms with Gasteiger partial charge < -0.3 is 25.2 Å². The zero-order chi connectivity index (χ0) is 8.62. The molecule has 64 valence electrons. The molecule has 10 heavy (non-hydrogen) atoms. The van der Waals surface area contributed by atoms with Crippen LogP contribution in [0.4, 0.5) is 0 Å². The lowest BCUT2D eigenvalue weighted by Crippen LogP contribution is -2.52. The minimum Gasteiger partial charge on any atom is -0.756 e. The highest BCUT2D eigenvalue weighted by atomic mass is 31.2. The second kappa shape index (κ2) is 7.14. The first-order valence-corrected chi connectivity index (χ1v) is 3.99. The Morgan fingerprint density at radius 2 is 2.00 bits per heavy atom. The van der Waals surface area contributed by atoms with Crippen molar-refractivity contribution < 1.29 is 29.7 Å². The third-order valence-electron chi connectivity index (χ3n) is 0.348. The van der Waals surface area contributed by atoms with Gasteiger partial charge in [0.15, 0.2) is 0 Å². The van der Waals surface area contributed by atoms with Crippen molar-refractivity contribution in [2.45, 2.75) is 0 Å². The molecule has 0 aliphatic heterocycles. The molecule has 0 aliphatic carbocycles. The normalized spacial score (nSPS) is 10.1. The minimum absolute atomic E-state index is 0.778. The van der Waals surface area contributed by atoms with Crippen molar-refractivity contribution in [3.05, 3.63) is 0 Å². The molecule has 0 aromatic carbocycles. The van der Waals surface area contributed by atoms with Crippen LogP contribution < -0.4 is 10.6 Å². The first kappa shape index (κ1) is 12.7. The molecule has 0 rings (SSSR count). The topological polar surface area (TPSA) is 117 Å². The van der Waals surface area contributed by atoms with Gasteiger partial charge >= 0.3 is 0 Å². The monoisotopic (exact) mass is 173 g/mol. The van der Waals surface area contributed by atoms with E-state index in [0.29, 0.717) is 0 Å². The number of phosphoric acid groups is 1. The van der Waals surface area contributed by atoms with Crippen molar-refractivity contribution in [3.63, 3.8) is 0 Å². The van der Waals surface area contributed by atoms with E-state index in [1.807, 2.05) is 0 Å². The molecule has 0 aromatic heterocycles. The minimum atomic E-state index is -4.89. The Balaban J connectivity index is 0. The summed E-state index contributed by atoms with van der Waals surface area (Å²) in [6, 6.07) is 0. The third-order valence-corrected chi connectivity index (χ3v) is 0.348. The van der Waals surface area contributed by atoms with Gasteiger partial charge in [-0.2, -0.15) is 0 Å². The molecule has 7 heteroatoms. The van der Waals surface area contributed by atoms with E-state index < -0.39 is 7.82 Å². The van der Waals surface area contributed by atoms with Gasteiger partial charge in [-0.25, -0.2) is 0 Å². The van der Waals surface area contributed by atoms with Crippen molar-refractivity contribution in [1.82, 2.24) is 0 Å². The van der Waals surface area contributed by atoms with Gasteiger partial charge in [0, 0.05) is 7.11 Å². The lowest BCUT2D eigenvalue weighted by Gasteiger charge is -2.01. The molecule has 0 fully saturated rings. The van der Waals surface area contributed by atoms with E-state index in [1.165, 1.54) is 0 Å². The molecule has 6 nitrogen and oxygen atoms in total. The van der Waals surface area contributed by atoms with E-state index in [2.05, 4.69) is 10.5 Å². The molecule has 0 saturated heterocycles. The van der Waals surface area contributed by atoms with Crippen LogP contribution in [0, 0.1) is 0 Å². The summed E-state index contributed by atoms with van der Waals surface area (Å²) in [4.78, 5) is 22.9. The number of ether oxygens (including phenoxy) is 1. The van der Waals surface area contributed by atoms with Crippen LogP contribution in [0.25, 0.3) is 0 Å². The Kier molecular flexibility index (Phi) is 9.06. The maximum absolute atomic E-state index is 8.77. The van der Waals surface area contributed by atoms with Crippen molar-refractivity contribution >= 4 is 7.82 Å². The first-order valence-electron chi connectivity index (χ1n) is 2.46. The number of hydrogen-bond acceptors (Lipinski definition) is 3. The van der Waals surface area contributed by atoms with Gasteiger partial charge in [0.2, 0.25) is 0 Å². The zero-order valence-electron chi connectivity index (χ0n) is 5.69. The smallest absolute Gasteiger partial charge is 0.262 e. The Morgan fingerprint density at radius 3 is 2.00 bits per heavy atom. The molecular formula is C3H12NO5P. The molecule has 0 heterocycles. The summed E-state index contributed by atoms with van der Waals surface area (Å²) in [6.45, 7) is 1.65. The molecule has 0 aliphatic rings. The third kappa shape index (κ3) is 96.3. The quantitative estimate of drug-likeness (QED) is 0.393. The number of rotatable bonds is 2. The number of hydrogen-bond donors (Lipinski definition) is 3. The maximum atomic E-state index is 8.77. The second-order valence-electron chi connectivity index (χ2n) is 1.34. The Morgan fingerprint density at radius 1 is 1.70 bits per heavy atom. The molecule has 0 atom stereocenters. The zero-order valence-corrected chi connectivity index (χ0v) is 6.58. The number of methoxy groups -OCH3 is 1. The largest absolute Gasteiger partial charge is 0.756 e. The first-order chi connectivity index (χ1) is 4.41. The molecule has 0 saturated carbocycles. The van der Waals surface area contributed by atoms with Crippen LogP contribution in [0.1, 0.15) is 0 Å². The van der Waals surface area contributed by atoms with E-state index in [9.17, 15) is 0 Å². The van der Waals surface area contributed by atoms with E-state index in [1.54, 1.807) is 7.11 Å². The average molecular weight is 173 g/mol. The maximum Gasteiger partial charge on any atom is 0.262 e. The Hall–Kier alpha value is 0.0300. The fourth-order valence-electron chi connectivity index (χ4n) is 0.144. The van der Waals surface area contributed by atoms with Gasteiger partial charge in [-0.05, 0) is 0 Å². The van der Waals surface area contributed by atoms with Crippen molar-refractivity contribution in [2.75, 3.05) is 20.3 Å². The average Bonchev–Trinajstić information content (AvgIpc) is 1.63. The van der Waals surface area contributed by atoms with Crippen molar-refractivity contribution in [1.29, 1.82) is 0 Å². The molecule has 0 radical (unpaired) electrons. The molecule has 5 N–H and O–H groups in total. The van der Waals surface area contributed by atoms with Crippen LogP contribution in [-0.4, -0.2) is 30.0 Å². The van der Waals surface area contributed by atoms with E-state index in [4.69, 9.17) is 19.2 Å². The Labute approximate surface area is 58.9 Å². The molecule has 0 aromatic rings. The highest BCUT2D eigenvalue weighted by molar-refractivity contribution is 7.43. The molecule has 0 spiro atoms. The van der Waals surface area contributed by atoms with Gasteiger partial charge in [0.05, 0.1) is 13.2 Å². The van der Waals surface area contributed by atoms with Gasteiger partial charge in [-0.15, -0.1) is 0 Å². The summed E-state index contributed by atoms with van der Waals surface area (Å²) >= 11 is 0. The lowest BCUT2D eigenvalue weighted by molar-refractivity contribution is -0.373. The van der Waals surface area contributed by atoms with Crippen LogP contribution >= 0.6 is 7.82 Å². The van der Waals surface area contributed by atoms with Crippen molar-refractivity contribution in [2.24, 2.45) is 0 Å². The highest BCUT2D eigenvalue weighted by Crippen LogP contribution is 2.18. The van der Waals surface area contributed by atoms with E-state index in [0.717, 1.165) is 13.2 Å². The standard InChI is InChI=1S/C3H9NO.H3O4P/c1-5-3-2-4;1-5(2,3)4/h2-4H2,1H3;(H3,1,2,3,4). The van der Waals surface area contributed by atoms with Crippen molar-refractivity contribution in [3.8, 4) is 0 Å². The van der Waals surface area contributed by atoms with Crippen LogP contribution in [0.3, 0.4) is 0 Å². The molecule has 0 unspecified atom stereocenters. The number of quaternary nitrogens is 1. The summed E-state index contributed by atoms with van der Waals surface area (Å²) in [7, 11) is -3.22. The summed E-state index contributed by atoms with van der Waals surface area (Å²) in [5.74, 6) is 0. The molecule has 0 amide bonds. The molecular weight excluding hydrogens is 161 g/mol. The summed E-state index contributed by atoms with van der Waals surface area (Å²) < 4.78 is 13.4. The summed E-state index contributed by atoms with van der Waals surface area (Å²) in [5.41, 5.74) is 3.55. The summed E-state index contributed by atoms with van der Waals surface area (Å²) in [6.07, 6.45) is 0. The Bertz CT molecular complexity index is 90.8. The van der Waals surface area contributed by atoms with Gasteiger partial charge in [-0.3, -0.25) is 4.57 Å². The van der Waals surface area contributed by atoms with Crippen LogP contribution in [0.2, 0.25) is 0 Å². The fraction of sp³-hybridized carbons (Fsp3) is 1.00. The lowest BCUT2D eigenvalue weighted by atomic mass is 10.7. The highest BCUT2D eigenvalue weighted by Gasteiger charge is 1.82. The van der Waals surface area contributed by atoms with E-state index in [-0.39, 0.29) is 0 Å². The van der Waals surface area contributed by atoms with Crippen LogP contribution in [0.5, 0.6) is 0 Å². The predicted octanol–water partition coefficient (Wildman–Crippen LogP) is -2.69. The van der Waals surface area contributed by atoms with Gasteiger partial charge in [0.1, 0.15) is 0 Å². The van der Waals surface area contributed by atoms with Gasteiger partial charge in [0.25, 0.3) is 7.82 Å². The fourth-order valence-corrected chi connectivity index (χ4v) is 0.144. The second-order valence-corrected chi connectivity index (χ2v) is 2.32. The SMILES string of the molecule is COCC[NH3+].O=P([O-])(O)O. The molecule has 0 bridgehead atoms. The van der Waals surface area contributed by atoms with Crippen LogP contribution in [-0.2, 0) is 9.30 Å². The van der Waals surface area contributed by atoms with Crippen LogP contribution in [0.15, 0.2) is 0 Å². The van der Waals surface area contributed by atoms with E-state index >= 15 is 0 Å². The van der Waals surface area contributed by atoms with Gasteiger partial charge in [-0.1, -0.05) is 0 Å². The predicted molar refractivity (Wildman–Crippen MR) is 31.7 cm³/mol. The summed E-state index contributed by atoms with van der Waals surface area (Å²) in [5, 5.41) is 0.